The molecule has 1 saturated carbocycles. The first-order valence-corrected chi connectivity index (χ1v) is 11.3. The molecule has 0 aromatic heterocycles. The van der Waals surface area contributed by atoms with E-state index in [4.69, 9.17) is 19.3 Å². The van der Waals surface area contributed by atoms with E-state index in [1.807, 2.05) is 0 Å². The highest BCUT2D eigenvalue weighted by atomic mass is 35.5. The molecule has 3 aliphatic rings. The van der Waals surface area contributed by atoms with Crippen LogP contribution in [0, 0.1) is 5.82 Å². The molecular weight excluding hydrogens is 455 g/mol. The zero-order valence-electron chi connectivity index (χ0n) is 18.5. The second-order valence-corrected chi connectivity index (χ2v) is 8.90. The Hall–Kier alpha value is -1.94. The molecule has 1 aliphatic carbocycles. The molecule has 2 atom stereocenters. The van der Waals surface area contributed by atoms with E-state index in [2.05, 4.69) is 10.6 Å². The van der Waals surface area contributed by atoms with Crippen molar-refractivity contribution >= 4 is 24.3 Å². The minimum atomic E-state index is -0.946. The molecule has 0 bridgehead atoms. The van der Waals surface area contributed by atoms with Crippen molar-refractivity contribution < 1.29 is 33.3 Å². The number of amides is 1. The molecule has 2 heterocycles. The van der Waals surface area contributed by atoms with Gasteiger partial charge in [-0.05, 0) is 56.7 Å². The van der Waals surface area contributed by atoms with Crippen LogP contribution in [0.25, 0.3) is 0 Å². The second kappa shape index (κ2) is 11.5. The van der Waals surface area contributed by atoms with Crippen LogP contribution in [0.15, 0.2) is 18.2 Å². The first kappa shape index (κ1) is 25.7. The average Bonchev–Trinajstić information content (AvgIpc) is 3.13. The van der Waals surface area contributed by atoms with Crippen molar-refractivity contribution in [2.75, 3.05) is 33.0 Å². The van der Waals surface area contributed by atoms with Crippen molar-refractivity contribution in [1.29, 1.82) is 0 Å². The van der Waals surface area contributed by atoms with Gasteiger partial charge in [0.25, 0.3) is 0 Å². The van der Waals surface area contributed by atoms with Gasteiger partial charge in [0.15, 0.2) is 0 Å². The monoisotopic (exact) mass is 486 g/mol. The number of ether oxygens (including phenoxy) is 3. The molecule has 1 aromatic carbocycles. The van der Waals surface area contributed by atoms with Gasteiger partial charge in [0.2, 0.25) is 5.91 Å². The minimum Gasteiger partial charge on any atom is -0.493 e. The fourth-order valence-corrected chi connectivity index (χ4v) is 5.09. The zero-order chi connectivity index (χ0) is 22.6. The summed E-state index contributed by atoms with van der Waals surface area (Å²) in [5, 5.41) is 15.3. The van der Waals surface area contributed by atoms with E-state index in [0.29, 0.717) is 24.5 Å². The lowest BCUT2D eigenvalue weighted by molar-refractivity contribution is -0.138. The van der Waals surface area contributed by atoms with E-state index in [-0.39, 0.29) is 61.8 Å². The maximum Gasteiger partial charge on any atom is 0.306 e. The molecule has 10 heteroatoms. The van der Waals surface area contributed by atoms with Gasteiger partial charge in [-0.25, -0.2) is 4.39 Å². The van der Waals surface area contributed by atoms with E-state index < -0.39 is 11.5 Å². The van der Waals surface area contributed by atoms with Crippen LogP contribution in [0.5, 0.6) is 5.75 Å². The summed E-state index contributed by atoms with van der Waals surface area (Å²) >= 11 is 0. The molecule has 184 valence electrons. The molecule has 2 saturated heterocycles. The molecule has 1 spiro atoms. The molecule has 0 unspecified atom stereocenters. The highest BCUT2D eigenvalue weighted by Crippen LogP contribution is 2.40. The number of morpholine rings is 1. The molecule has 0 radical (unpaired) electrons. The number of nitrogens with one attached hydrogen (secondary N) is 2. The summed E-state index contributed by atoms with van der Waals surface area (Å²) in [4.78, 5) is 22.6. The van der Waals surface area contributed by atoms with Crippen molar-refractivity contribution in [2.24, 2.45) is 0 Å². The average molecular weight is 487 g/mol. The van der Waals surface area contributed by atoms with Crippen molar-refractivity contribution in [2.45, 2.75) is 62.1 Å². The number of aliphatic carboxylic acids is 1. The smallest absolute Gasteiger partial charge is 0.306 e. The number of halogens is 2. The summed E-state index contributed by atoms with van der Waals surface area (Å²) in [6.07, 6.45) is 3.91. The second-order valence-electron chi connectivity index (χ2n) is 8.90. The quantitative estimate of drug-likeness (QED) is 0.518. The minimum absolute atomic E-state index is 0. The van der Waals surface area contributed by atoms with E-state index >= 15 is 0 Å². The Bertz CT molecular complexity index is 835. The number of rotatable bonds is 8. The third kappa shape index (κ3) is 6.15. The first-order chi connectivity index (χ1) is 15.5. The normalized spacial score (nSPS) is 29.4. The van der Waals surface area contributed by atoms with Crippen molar-refractivity contribution in [3.63, 3.8) is 0 Å². The topological polar surface area (TPSA) is 106 Å². The molecule has 8 nitrogen and oxygen atoms in total. The fourth-order valence-electron chi connectivity index (χ4n) is 5.09. The Morgan fingerprint density at radius 1 is 1.27 bits per heavy atom. The van der Waals surface area contributed by atoms with Gasteiger partial charge in [0.05, 0.1) is 43.9 Å². The maximum absolute atomic E-state index is 14.6. The number of hydrogen-bond donors (Lipinski definition) is 3. The maximum atomic E-state index is 14.6. The number of hydrogen-bond acceptors (Lipinski definition) is 6. The summed E-state index contributed by atoms with van der Waals surface area (Å²) in [5.74, 6) is -0.902. The predicted octanol–water partition coefficient (Wildman–Crippen LogP) is 2.39. The molecule has 4 rings (SSSR count). The van der Waals surface area contributed by atoms with Gasteiger partial charge in [-0.1, -0.05) is 6.07 Å². The number of carboxylic acid groups (broad SMARTS) is 1. The molecule has 1 amide bonds. The zero-order valence-corrected chi connectivity index (χ0v) is 19.3. The van der Waals surface area contributed by atoms with E-state index in [0.717, 1.165) is 38.6 Å². The summed E-state index contributed by atoms with van der Waals surface area (Å²) in [7, 11) is 0. The van der Waals surface area contributed by atoms with Gasteiger partial charge < -0.3 is 30.0 Å². The number of carboxylic acids is 1. The molecule has 3 fully saturated rings. The van der Waals surface area contributed by atoms with Crippen LogP contribution >= 0.6 is 12.4 Å². The van der Waals surface area contributed by atoms with Crippen LogP contribution in [0.4, 0.5) is 4.39 Å². The van der Waals surface area contributed by atoms with Crippen LogP contribution in [0.2, 0.25) is 0 Å². The van der Waals surface area contributed by atoms with E-state index in [1.165, 1.54) is 6.07 Å². The Morgan fingerprint density at radius 3 is 2.79 bits per heavy atom. The lowest BCUT2D eigenvalue weighted by Gasteiger charge is -2.39. The fraction of sp³-hybridized carbons (Fsp3) is 0.652. The Labute approximate surface area is 198 Å². The SMILES string of the molecule is Cl.O=C(O)CCOc1cccc(F)c1C1CCC(OC[C@@H]2NCC[C@@]23COCC(=O)N3)CC1. The van der Waals surface area contributed by atoms with E-state index in [1.54, 1.807) is 12.1 Å². The Kier molecular flexibility index (Phi) is 8.92. The summed E-state index contributed by atoms with van der Waals surface area (Å²) in [6, 6.07) is 4.72. The third-order valence-electron chi connectivity index (χ3n) is 6.78. The van der Waals surface area contributed by atoms with Crippen LogP contribution in [-0.4, -0.2) is 67.6 Å². The number of benzene rings is 1. The van der Waals surface area contributed by atoms with Gasteiger partial charge in [-0.2, -0.15) is 0 Å². The largest absolute Gasteiger partial charge is 0.493 e. The van der Waals surface area contributed by atoms with Crippen LogP contribution < -0.4 is 15.4 Å². The van der Waals surface area contributed by atoms with Crippen LogP contribution in [0.3, 0.4) is 0 Å². The van der Waals surface area contributed by atoms with Crippen molar-refractivity contribution in [3.8, 4) is 5.75 Å². The third-order valence-corrected chi connectivity index (χ3v) is 6.78. The molecule has 2 aliphatic heterocycles. The van der Waals surface area contributed by atoms with Gasteiger partial charge >= 0.3 is 5.97 Å². The van der Waals surface area contributed by atoms with Crippen molar-refractivity contribution in [1.82, 2.24) is 10.6 Å². The number of carbonyl (C=O) groups excluding carboxylic acids is 1. The van der Waals surface area contributed by atoms with Gasteiger partial charge in [0.1, 0.15) is 18.2 Å². The van der Waals surface area contributed by atoms with Gasteiger partial charge in [-0.3, -0.25) is 9.59 Å². The first-order valence-electron chi connectivity index (χ1n) is 11.3. The van der Waals surface area contributed by atoms with Crippen molar-refractivity contribution in [3.05, 3.63) is 29.6 Å². The lowest BCUT2D eigenvalue weighted by atomic mass is 9.82. The van der Waals surface area contributed by atoms with Gasteiger partial charge in [-0.15, -0.1) is 12.4 Å². The molecular formula is C23H32ClFN2O6. The highest BCUT2D eigenvalue weighted by Gasteiger charge is 2.46. The summed E-state index contributed by atoms with van der Waals surface area (Å²) in [6.45, 7) is 1.91. The lowest BCUT2D eigenvalue weighted by Crippen LogP contribution is -2.64. The Morgan fingerprint density at radius 2 is 2.06 bits per heavy atom. The van der Waals surface area contributed by atoms with E-state index in [9.17, 15) is 14.0 Å². The summed E-state index contributed by atoms with van der Waals surface area (Å²) in [5.41, 5.74) is 0.136. The summed E-state index contributed by atoms with van der Waals surface area (Å²) < 4.78 is 31.9. The van der Waals surface area contributed by atoms with Crippen LogP contribution in [-0.2, 0) is 19.1 Å². The predicted molar refractivity (Wildman–Crippen MR) is 120 cm³/mol. The number of carbonyl (C=O) groups is 2. The van der Waals surface area contributed by atoms with Gasteiger partial charge in [0, 0.05) is 5.56 Å². The molecule has 3 N–H and O–H groups in total. The molecule has 33 heavy (non-hydrogen) atoms. The standard InChI is InChI=1S/C23H31FN2O6.ClH/c24-17-2-1-3-18(31-11-8-21(28)29)22(17)15-4-6-16(7-5-15)32-12-19-23(9-10-25-19)14-30-13-20(27)26-23;/h1-3,15-16,19,25H,4-14H2,(H,26,27)(H,28,29);1H/t15?,16?,19-,23+;/m0./s1. The molecule has 1 aromatic rings. The Balaban J connectivity index is 0.00000306. The highest BCUT2D eigenvalue weighted by molar-refractivity contribution is 5.85. The van der Waals surface area contributed by atoms with Crippen LogP contribution in [0.1, 0.15) is 50.0 Å².